The lowest BCUT2D eigenvalue weighted by Crippen LogP contribution is -2.03. The molecular weight excluding hydrogens is 252 g/mol. The van der Waals surface area contributed by atoms with E-state index in [-0.39, 0.29) is 0 Å². The van der Waals surface area contributed by atoms with E-state index in [0.29, 0.717) is 6.61 Å². The van der Waals surface area contributed by atoms with E-state index < -0.39 is 0 Å². The first-order valence-corrected chi connectivity index (χ1v) is 7.00. The predicted octanol–water partition coefficient (Wildman–Crippen LogP) is 3.89. The second-order valence-electron chi connectivity index (χ2n) is 4.68. The summed E-state index contributed by atoms with van der Waals surface area (Å²) in [5.41, 5.74) is 2.38. The molecule has 0 atom stereocenters. The van der Waals surface area contributed by atoms with Crippen LogP contribution in [0.3, 0.4) is 0 Å². The number of methoxy groups -OCH3 is 2. The van der Waals surface area contributed by atoms with Crippen LogP contribution < -0.4 is 9.47 Å². The molecule has 0 N–H and O–H groups in total. The maximum atomic E-state index is 5.75. The molecule has 3 heteroatoms. The van der Waals surface area contributed by atoms with Gasteiger partial charge in [-0.3, -0.25) is 0 Å². The SMILES string of the molecule is CCOC1=C(Cc2ccc(OC)cc2OC)C=CCC1. The van der Waals surface area contributed by atoms with Crippen molar-refractivity contribution in [1.82, 2.24) is 0 Å². The van der Waals surface area contributed by atoms with E-state index in [1.165, 1.54) is 5.57 Å². The highest BCUT2D eigenvalue weighted by Crippen LogP contribution is 2.30. The molecule has 0 fully saturated rings. The molecule has 0 spiro atoms. The largest absolute Gasteiger partial charge is 0.498 e. The normalized spacial score (nSPS) is 14.3. The second kappa shape index (κ2) is 7.04. The number of benzene rings is 1. The molecule has 0 unspecified atom stereocenters. The van der Waals surface area contributed by atoms with E-state index >= 15 is 0 Å². The van der Waals surface area contributed by atoms with Crippen LogP contribution in [-0.2, 0) is 11.2 Å². The Hall–Kier alpha value is -1.90. The Morgan fingerprint density at radius 2 is 2.00 bits per heavy atom. The molecule has 108 valence electrons. The maximum absolute atomic E-state index is 5.75. The highest BCUT2D eigenvalue weighted by molar-refractivity contribution is 5.44. The van der Waals surface area contributed by atoms with Crippen molar-refractivity contribution in [2.75, 3.05) is 20.8 Å². The third kappa shape index (κ3) is 3.35. The van der Waals surface area contributed by atoms with Gasteiger partial charge in [-0.15, -0.1) is 0 Å². The van der Waals surface area contributed by atoms with Gasteiger partial charge in [0.25, 0.3) is 0 Å². The van der Waals surface area contributed by atoms with Crippen LogP contribution in [0.25, 0.3) is 0 Å². The van der Waals surface area contributed by atoms with E-state index in [9.17, 15) is 0 Å². The summed E-state index contributed by atoms with van der Waals surface area (Å²) >= 11 is 0. The molecule has 0 saturated carbocycles. The summed E-state index contributed by atoms with van der Waals surface area (Å²) in [5, 5.41) is 0. The van der Waals surface area contributed by atoms with Crippen LogP contribution >= 0.6 is 0 Å². The van der Waals surface area contributed by atoms with Crippen molar-refractivity contribution in [1.29, 1.82) is 0 Å². The Morgan fingerprint density at radius 3 is 2.70 bits per heavy atom. The number of hydrogen-bond donors (Lipinski definition) is 0. The van der Waals surface area contributed by atoms with Gasteiger partial charge in [-0.1, -0.05) is 18.2 Å². The first kappa shape index (κ1) is 14.5. The van der Waals surface area contributed by atoms with Crippen LogP contribution in [0.4, 0.5) is 0 Å². The molecule has 2 rings (SSSR count). The van der Waals surface area contributed by atoms with Crippen molar-refractivity contribution in [2.45, 2.75) is 26.2 Å². The third-order valence-corrected chi connectivity index (χ3v) is 3.41. The van der Waals surface area contributed by atoms with Gasteiger partial charge in [-0.2, -0.15) is 0 Å². The van der Waals surface area contributed by atoms with Crippen molar-refractivity contribution in [3.63, 3.8) is 0 Å². The topological polar surface area (TPSA) is 27.7 Å². The molecule has 0 bridgehead atoms. The van der Waals surface area contributed by atoms with Gasteiger partial charge in [0.1, 0.15) is 11.5 Å². The smallest absolute Gasteiger partial charge is 0.126 e. The van der Waals surface area contributed by atoms with Gasteiger partial charge < -0.3 is 14.2 Å². The van der Waals surface area contributed by atoms with Crippen LogP contribution in [0.5, 0.6) is 11.5 Å². The van der Waals surface area contributed by atoms with Gasteiger partial charge in [-0.05, 0) is 30.5 Å². The van der Waals surface area contributed by atoms with Crippen LogP contribution in [0.1, 0.15) is 25.3 Å². The van der Waals surface area contributed by atoms with Gasteiger partial charge in [0, 0.05) is 18.9 Å². The molecule has 0 aromatic heterocycles. The Bertz CT molecular complexity index is 515. The molecule has 1 aliphatic carbocycles. The molecule has 0 radical (unpaired) electrons. The van der Waals surface area contributed by atoms with Crippen molar-refractivity contribution in [3.8, 4) is 11.5 Å². The summed E-state index contributed by atoms with van der Waals surface area (Å²) in [5.74, 6) is 2.77. The van der Waals surface area contributed by atoms with Gasteiger partial charge in [0.15, 0.2) is 0 Å². The Morgan fingerprint density at radius 1 is 1.15 bits per heavy atom. The first-order chi connectivity index (χ1) is 9.78. The molecule has 0 saturated heterocycles. The van der Waals surface area contributed by atoms with Crippen molar-refractivity contribution in [3.05, 3.63) is 47.2 Å². The van der Waals surface area contributed by atoms with E-state index in [1.54, 1.807) is 14.2 Å². The fraction of sp³-hybridized carbons (Fsp3) is 0.412. The fourth-order valence-corrected chi connectivity index (χ4v) is 2.39. The summed E-state index contributed by atoms with van der Waals surface area (Å²) in [6.07, 6.45) is 7.22. The lowest BCUT2D eigenvalue weighted by Gasteiger charge is -2.17. The summed E-state index contributed by atoms with van der Waals surface area (Å²) in [6.45, 7) is 2.74. The lowest BCUT2D eigenvalue weighted by molar-refractivity contribution is 0.214. The molecular formula is C17H22O3. The fourth-order valence-electron chi connectivity index (χ4n) is 2.39. The highest BCUT2D eigenvalue weighted by atomic mass is 16.5. The monoisotopic (exact) mass is 274 g/mol. The van der Waals surface area contributed by atoms with Gasteiger partial charge in [0.05, 0.1) is 26.6 Å². The minimum Gasteiger partial charge on any atom is -0.498 e. The molecule has 0 aliphatic heterocycles. The average Bonchev–Trinajstić information content (AvgIpc) is 2.50. The molecule has 20 heavy (non-hydrogen) atoms. The van der Waals surface area contributed by atoms with Crippen molar-refractivity contribution < 1.29 is 14.2 Å². The number of rotatable bonds is 6. The summed E-state index contributed by atoms with van der Waals surface area (Å²) in [4.78, 5) is 0. The average molecular weight is 274 g/mol. The standard InChI is InChI=1S/C17H22O3/c1-4-20-16-8-6-5-7-13(16)11-14-9-10-15(18-2)12-17(14)19-3/h5,7,9-10,12H,4,6,8,11H2,1-3H3. The van der Waals surface area contributed by atoms with E-state index in [1.807, 2.05) is 19.1 Å². The molecule has 0 heterocycles. The van der Waals surface area contributed by atoms with Gasteiger partial charge >= 0.3 is 0 Å². The number of allylic oxidation sites excluding steroid dienone is 4. The molecule has 1 aromatic carbocycles. The maximum Gasteiger partial charge on any atom is 0.126 e. The summed E-state index contributed by atoms with van der Waals surface area (Å²) in [6, 6.07) is 5.94. The van der Waals surface area contributed by atoms with Crippen molar-refractivity contribution >= 4 is 0 Å². The van der Waals surface area contributed by atoms with E-state index in [4.69, 9.17) is 14.2 Å². The molecule has 1 aliphatic rings. The predicted molar refractivity (Wildman–Crippen MR) is 80.3 cm³/mol. The van der Waals surface area contributed by atoms with E-state index in [2.05, 4.69) is 18.2 Å². The van der Waals surface area contributed by atoms with Crippen molar-refractivity contribution in [2.24, 2.45) is 0 Å². The van der Waals surface area contributed by atoms with Crippen LogP contribution in [0, 0.1) is 0 Å². The first-order valence-electron chi connectivity index (χ1n) is 7.00. The minimum absolute atomic E-state index is 0.715. The third-order valence-electron chi connectivity index (χ3n) is 3.41. The summed E-state index contributed by atoms with van der Waals surface area (Å²) < 4.78 is 16.4. The zero-order valence-electron chi connectivity index (χ0n) is 12.4. The minimum atomic E-state index is 0.715. The van der Waals surface area contributed by atoms with Gasteiger partial charge in [-0.25, -0.2) is 0 Å². The van der Waals surface area contributed by atoms with Crippen LogP contribution in [0.15, 0.2) is 41.7 Å². The summed E-state index contributed by atoms with van der Waals surface area (Å²) in [7, 11) is 3.35. The van der Waals surface area contributed by atoms with Gasteiger partial charge in [0.2, 0.25) is 0 Å². The Kier molecular flexibility index (Phi) is 5.10. The zero-order valence-corrected chi connectivity index (χ0v) is 12.4. The molecule has 3 nitrogen and oxygen atoms in total. The Labute approximate surface area is 120 Å². The second-order valence-corrected chi connectivity index (χ2v) is 4.68. The highest BCUT2D eigenvalue weighted by Gasteiger charge is 2.13. The number of hydrogen-bond acceptors (Lipinski definition) is 3. The van der Waals surface area contributed by atoms with E-state index in [0.717, 1.165) is 42.1 Å². The molecule has 0 amide bonds. The Balaban J connectivity index is 2.26. The lowest BCUT2D eigenvalue weighted by atomic mass is 9.97. The number of ether oxygens (including phenoxy) is 3. The quantitative estimate of drug-likeness (QED) is 0.787. The van der Waals surface area contributed by atoms with Crippen LogP contribution in [0.2, 0.25) is 0 Å². The van der Waals surface area contributed by atoms with Crippen LogP contribution in [-0.4, -0.2) is 20.8 Å². The molecule has 1 aromatic rings. The zero-order chi connectivity index (χ0) is 14.4.